The first-order chi connectivity index (χ1) is 9.74. The van der Waals surface area contributed by atoms with E-state index >= 15 is 0 Å². The number of carbonyl (C=O) groups excluding carboxylic acids is 1. The van der Waals surface area contributed by atoms with E-state index in [0.717, 1.165) is 0 Å². The number of nitrogens with zero attached hydrogens (tertiary/aromatic N) is 5. The van der Waals surface area contributed by atoms with Gasteiger partial charge in [-0.1, -0.05) is 6.08 Å². The second kappa shape index (κ2) is 6.62. The Morgan fingerprint density at radius 1 is 1.60 bits per heavy atom. The predicted molar refractivity (Wildman–Crippen MR) is 69.4 cm³/mol. The van der Waals surface area contributed by atoms with Crippen molar-refractivity contribution in [1.29, 1.82) is 0 Å². The Morgan fingerprint density at radius 2 is 2.45 bits per heavy atom. The summed E-state index contributed by atoms with van der Waals surface area (Å²) < 4.78 is 5.14. The van der Waals surface area contributed by atoms with Crippen LogP contribution in [0.25, 0.3) is 11.6 Å². The molecule has 0 saturated heterocycles. The summed E-state index contributed by atoms with van der Waals surface area (Å²) in [5, 5.41) is 20.6. The summed E-state index contributed by atoms with van der Waals surface area (Å²) in [6.07, 6.45) is 3.10. The first-order valence-corrected chi connectivity index (χ1v) is 6.06. The van der Waals surface area contributed by atoms with Gasteiger partial charge in [0.15, 0.2) is 5.76 Å². The first-order valence-electron chi connectivity index (χ1n) is 6.06. The molecule has 0 radical (unpaired) electrons. The number of furan rings is 1. The standard InChI is InChI=1S/C12H15N5O3/c1-2-5-16(6-7-18)11(19)9-17-14-12(13-15-17)10-4-3-8-20-10/h2-4,8,18H,1,5-7,9H2. The molecule has 1 amide bonds. The topological polar surface area (TPSA) is 97.3 Å². The van der Waals surface area contributed by atoms with Crippen molar-refractivity contribution < 1.29 is 14.3 Å². The molecule has 1 N–H and O–H groups in total. The maximum Gasteiger partial charge on any atom is 0.246 e. The molecular formula is C12H15N5O3. The summed E-state index contributed by atoms with van der Waals surface area (Å²) in [5.41, 5.74) is 0. The number of aliphatic hydroxyl groups is 1. The van der Waals surface area contributed by atoms with Crippen LogP contribution >= 0.6 is 0 Å². The molecule has 2 aromatic heterocycles. The number of aliphatic hydroxyl groups excluding tert-OH is 1. The van der Waals surface area contributed by atoms with Crippen LogP contribution in [0.3, 0.4) is 0 Å². The van der Waals surface area contributed by atoms with Crippen molar-refractivity contribution in [2.45, 2.75) is 6.54 Å². The van der Waals surface area contributed by atoms with E-state index in [1.54, 1.807) is 18.2 Å². The SMILES string of the molecule is C=CCN(CCO)C(=O)Cn1nnc(-c2ccco2)n1. The molecule has 0 aromatic carbocycles. The van der Waals surface area contributed by atoms with Gasteiger partial charge < -0.3 is 14.4 Å². The third-order valence-electron chi connectivity index (χ3n) is 2.54. The highest BCUT2D eigenvalue weighted by molar-refractivity contribution is 5.76. The molecule has 0 saturated carbocycles. The quantitative estimate of drug-likeness (QED) is 0.712. The van der Waals surface area contributed by atoms with E-state index in [1.807, 2.05) is 0 Å². The normalized spacial score (nSPS) is 10.4. The van der Waals surface area contributed by atoms with Crippen molar-refractivity contribution in [3.05, 3.63) is 31.1 Å². The maximum absolute atomic E-state index is 12.0. The molecule has 2 rings (SSSR count). The average molecular weight is 277 g/mol. The molecule has 106 valence electrons. The zero-order valence-electron chi connectivity index (χ0n) is 10.8. The van der Waals surface area contributed by atoms with Crippen molar-refractivity contribution in [2.75, 3.05) is 19.7 Å². The lowest BCUT2D eigenvalue weighted by atomic mass is 10.4. The number of aromatic nitrogens is 4. The van der Waals surface area contributed by atoms with Gasteiger partial charge in [0.05, 0.1) is 12.9 Å². The minimum Gasteiger partial charge on any atom is -0.461 e. The number of tetrazole rings is 1. The molecule has 0 spiro atoms. The molecule has 20 heavy (non-hydrogen) atoms. The fraction of sp³-hybridized carbons (Fsp3) is 0.333. The predicted octanol–water partition coefficient (Wildman–Crippen LogP) is -0.0600. The maximum atomic E-state index is 12.0. The largest absolute Gasteiger partial charge is 0.461 e. The van der Waals surface area contributed by atoms with Crippen LogP contribution in [-0.4, -0.2) is 55.8 Å². The minimum absolute atomic E-state index is 0.0540. The molecule has 0 aliphatic rings. The summed E-state index contributed by atoms with van der Waals surface area (Å²) in [6, 6.07) is 3.42. The van der Waals surface area contributed by atoms with E-state index in [-0.39, 0.29) is 25.6 Å². The van der Waals surface area contributed by atoms with Crippen molar-refractivity contribution in [3.63, 3.8) is 0 Å². The van der Waals surface area contributed by atoms with E-state index in [9.17, 15) is 4.79 Å². The van der Waals surface area contributed by atoms with Crippen LogP contribution in [0.4, 0.5) is 0 Å². The molecule has 8 heteroatoms. The van der Waals surface area contributed by atoms with E-state index in [2.05, 4.69) is 22.0 Å². The average Bonchev–Trinajstić information content (AvgIpc) is 3.08. The molecule has 0 atom stereocenters. The fourth-order valence-corrected chi connectivity index (χ4v) is 1.63. The lowest BCUT2D eigenvalue weighted by molar-refractivity contribution is -0.132. The molecule has 0 fully saturated rings. The summed E-state index contributed by atoms with van der Waals surface area (Å²) in [7, 11) is 0. The van der Waals surface area contributed by atoms with E-state index < -0.39 is 0 Å². The third-order valence-corrected chi connectivity index (χ3v) is 2.54. The number of amides is 1. The molecule has 2 heterocycles. The lowest BCUT2D eigenvalue weighted by Crippen LogP contribution is -2.36. The number of rotatable bonds is 7. The summed E-state index contributed by atoms with van der Waals surface area (Å²) >= 11 is 0. The Morgan fingerprint density at radius 3 is 3.10 bits per heavy atom. The van der Waals surface area contributed by atoms with Crippen molar-refractivity contribution in [3.8, 4) is 11.6 Å². The van der Waals surface area contributed by atoms with Gasteiger partial charge in [0.25, 0.3) is 0 Å². The van der Waals surface area contributed by atoms with Crippen LogP contribution in [0.15, 0.2) is 35.5 Å². The Bertz CT molecular complexity index is 563. The van der Waals surface area contributed by atoms with E-state index in [1.165, 1.54) is 16.0 Å². The summed E-state index contributed by atoms with van der Waals surface area (Å²) in [6.45, 7) is 4.01. The van der Waals surface area contributed by atoms with Gasteiger partial charge in [-0.3, -0.25) is 4.79 Å². The first kappa shape index (κ1) is 13.9. The molecule has 0 aliphatic heterocycles. The highest BCUT2D eigenvalue weighted by atomic mass is 16.3. The highest BCUT2D eigenvalue weighted by Crippen LogP contribution is 2.12. The molecular weight excluding hydrogens is 262 g/mol. The molecule has 0 aliphatic carbocycles. The van der Waals surface area contributed by atoms with Crippen LogP contribution in [-0.2, 0) is 11.3 Å². The Labute approximate surface area is 115 Å². The minimum atomic E-state index is -0.220. The van der Waals surface area contributed by atoms with Crippen LogP contribution in [0.2, 0.25) is 0 Å². The lowest BCUT2D eigenvalue weighted by Gasteiger charge is -2.19. The van der Waals surface area contributed by atoms with Crippen LogP contribution in [0, 0.1) is 0 Å². The smallest absolute Gasteiger partial charge is 0.246 e. The third kappa shape index (κ3) is 3.29. The molecule has 2 aromatic rings. The van der Waals surface area contributed by atoms with Gasteiger partial charge in [0, 0.05) is 13.1 Å². The van der Waals surface area contributed by atoms with Gasteiger partial charge in [-0.15, -0.1) is 16.8 Å². The fourth-order valence-electron chi connectivity index (χ4n) is 1.63. The van der Waals surface area contributed by atoms with Crippen molar-refractivity contribution in [1.82, 2.24) is 25.1 Å². The zero-order chi connectivity index (χ0) is 14.4. The van der Waals surface area contributed by atoms with Crippen LogP contribution in [0.1, 0.15) is 0 Å². The van der Waals surface area contributed by atoms with Gasteiger partial charge in [-0.25, -0.2) is 0 Å². The van der Waals surface area contributed by atoms with Crippen LogP contribution in [0.5, 0.6) is 0 Å². The molecule has 8 nitrogen and oxygen atoms in total. The number of hydrogen-bond acceptors (Lipinski definition) is 6. The second-order valence-corrected chi connectivity index (χ2v) is 3.97. The van der Waals surface area contributed by atoms with E-state index in [4.69, 9.17) is 9.52 Å². The van der Waals surface area contributed by atoms with Gasteiger partial charge in [0.1, 0.15) is 6.54 Å². The van der Waals surface area contributed by atoms with Gasteiger partial charge in [-0.05, 0) is 17.3 Å². The van der Waals surface area contributed by atoms with Gasteiger partial charge >= 0.3 is 0 Å². The van der Waals surface area contributed by atoms with Crippen LogP contribution < -0.4 is 0 Å². The number of carbonyl (C=O) groups is 1. The Hall–Kier alpha value is -2.48. The monoisotopic (exact) mass is 277 g/mol. The van der Waals surface area contributed by atoms with Crippen molar-refractivity contribution >= 4 is 5.91 Å². The van der Waals surface area contributed by atoms with E-state index in [0.29, 0.717) is 18.1 Å². The Kier molecular flexibility index (Phi) is 4.61. The highest BCUT2D eigenvalue weighted by Gasteiger charge is 2.15. The van der Waals surface area contributed by atoms with Gasteiger partial charge in [-0.2, -0.15) is 4.80 Å². The summed E-state index contributed by atoms with van der Waals surface area (Å²) in [4.78, 5) is 14.7. The summed E-state index contributed by atoms with van der Waals surface area (Å²) in [5.74, 6) is 0.588. The molecule has 0 unspecified atom stereocenters. The van der Waals surface area contributed by atoms with Crippen molar-refractivity contribution in [2.24, 2.45) is 0 Å². The zero-order valence-corrected chi connectivity index (χ0v) is 10.8. The Balaban J connectivity index is 2.02. The second-order valence-electron chi connectivity index (χ2n) is 3.97. The molecule has 0 bridgehead atoms. The number of hydrogen-bond donors (Lipinski definition) is 1. The van der Waals surface area contributed by atoms with Gasteiger partial charge in [0.2, 0.25) is 11.7 Å².